The van der Waals surface area contributed by atoms with E-state index < -0.39 is 11.6 Å². The van der Waals surface area contributed by atoms with E-state index in [1.165, 1.54) is 0 Å². The van der Waals surface area contributed by atoms with Crippen LogP contribution in [-0.4, -0.2) is 36.3 Å². The minimum atomic E-state index is -0.614. The number of carbonyl (C=O) groups is 1. The monoisotopic (exact) mass is 266 g/mol. The number of rotatable bonds is 6. The Morgan fingerprint density at radius 2 is 2.00 bits per heavy atom. The number of nitrogens with one attached hydrogen (secondary N) is 1. The average molecular weight is 266 g/mol. The second-order valence-corrected chi connectivity index (χ2v) is 5.16. The minimum absolute atomic E-state index is 0.198. The lowest BCUT2D eigenvalue weighted by Crippen LogP contribution is -2.47. The van der Waals surface area contributed by atoms with Gasteiger partial charge >= 0.3 is 0 Å². The molecule has 0 saturated heterocycles. The fraction of sp³-hybridized carbons (Fsp3) is 0.500. The van der Waals surface area contributed by atoms with Crippen LogP contribution < -0.4 is 11.1 Å². The molecule has 106 valence electrons. The Morgan fingerprint density at radius 3 is 2.53 bits per heavy atom. The van der Waals surface area contributed by atoms with Crippen molar-refractivity contribution in [3.05, 3.63) is 29.8 Å². The molecule has 1 unspecified atom stereocenters. The van der Waals surface area contributed by atoms with E-state index in [9.17, 15) is 9.90 Å². The van der Waals surface area contributed by atoms with E-state index in [0.717, 1.165) is 5.56 Å². The first-order chi connectivity index (χ1) is 8.84. The van der Waals surface area contributed by atoms with Crippen molar-refractivity contribution in [2.75, 3.05) is 13.7 Å². The van der Waals surface area contributed by atoms with E-state index in [2.05, 4.69) is 5.32 Å². The van der Waals surface area contributed by atoms with Crippen LogP contribution in [0.25, 0.3) is 0 Å². The van der Waals surface area contributed by atoms with Crippen LogP contribution in [0.3, 0.4) is 0 Å². The SMILES string of the molecule is COC(C)(C)CNC(=O)C(N)Cc1ccc(O)cc1. The van der Waals surface area contributed by atoms with Gasteiger partial charge in [-0.3, -0.25) is 4.79 Å². The Bertz CT molecular complexity index is 415. The lowest BCUT2D eigenvalue weighted by molar-refractivity contribution is -0.123. The van der Waals surface area contributed by atoms with Crippen LogP contribution >= 0.6 is 0 Å². The average Bonchev–Trinajstić information content (AvgIpc) is 2.38. The van der Waals surface area contributed by atoms with Gasteiger partial charge < -0.3 is 20.9 Å². The molecule has 19 heavy (non-hydrogen) atoms. The molecular formula is C14H22N2O3. The standard InChI is InChI=1S/C14H22N2O3/c1-14(2,19-3)9-16-13(18)12(15)8-10-4-6-11(17)7-5-10/h4-7,12,17H,8-9,15H2,1-3H3,(H,16,18). The zero-order valence-electron chi connectivity index (χ0n) is 11.6. The summed E-state index contributed by atoms with van der Waals surface area (Å²) in [6.45, 7) is 4.18. The number of nitrogens with two attached hydrogens (primary N) is 1. The fourth-order valence-corrected chi connectivity index (χ4v) is 1.48. The number of phenolic OH excluding ortho intramolecular Hbond substituents is 1. The van der Waals surface area contributed by atoms with Crippen LogP contribution in [0.5, 0.6) is 5.75 Å². The van der Waals surface area contributed by atoms with E-state index in [4.69, 9.17) is 10.5 Å². The van der Waals surface area contributed by atoms with Crippen LogP contribution in [0.2, 0.25) is 0 Å². The van der Waals surface area contributed by atoms with E-state index in [0.29, 0.717) is 13.0 Å². The van der Waals surface area contributed by atoms with Crippen molar-refractivity contribution in [2.24, 2.45) is 5.73 Å². The molecule has 5 nitrogen and oxygen atoms in total. The van der Waals surface area contributed by atoms with Crippen LogP contribution in [0.4, 0.5) is 0 Å². The highest BCUT2D eigenvalue weighted by Gasteiger charge is 2.20. The number of aromatic hydroxyl groups is 1. The first-order valence-corrected chi connectivity index (χ1v) is 6.20. The summed E-state index contributed by atoms with van der Waals surface area (Å²) in [5.74, 6) is -0.0122. The maximum Gasteiger partial charge on any atom is 0.237 e. The van der Waals surface area contributed by atoms with Gasteiger partial charge in [-0.1, -0.05) is 12.1 Å². The number of phenols is 1. The van der Waals surface area contributed by atoms with Crippen LogP contribution in [0.15, 0.2) is 24.3 Å². The molecule has 0 saturated carbocycles. The predicted octanol–water partition coefficient (Wildman–Crippen LogP) is 0.803. The Kier molecular flexibility index (Phi) is 5.32. The molecule has 0 aliphatic rings. The Morgan fingerprint density at radius 1 is 1.42 bits per heavy atom. The minimum Gasteiger partial charge on any atom is -0.508 e. The van der Waals surface area contributed by atoms with Crippen molar-refractivity contribution in [1.29, 1.82) is 0 Å². The van der Waals surface area contributed by atoms with Gasteiger partial charge in [-0.25, -0.2) is 0 Å². The molecule has 0 aliphatic heterocycles. The summed E-state index contributed by atoms with van der Waals surface area (Å²) in [6, 6.07) is 6.04. The van der Waals surface area contributed by atoms with Crippen molar-refractivity contribution in [1.82, 2.24) is 5.32 Å². The molecule has 4 N–H and O–H groups in total. The fourth-order valence-electron chi connectivity index (χ4n) is 1.48. The number of hydrogen-bond donors (Lipinski definition) is 3. The van der Waals surface area contributed by atoms with Gasteiger partial charge in [-0.05, 0) is 38.0 Å². The van der Waals surface area contributed by atoms with Crippen LogP contribution in [0, 0.1) is 0 Å². The van der Waals surface area contributed by atoms with Crippen molar-refractivity contribution in [2.45, 2.75) is 31.9 Å². The van der Waals surface area contributed by atoms with Crippen LogP contribution in [0.1, 0.15) is 19.4 Å². The van der Waals surface area contributed by atoms with Gasteiger partial charge in [0.2, 0.25) is 5.91 Å². The molecule has 0 spiro atoms. The molecule has 0 heterocycles. The zero-order valence-corrected chi connectivity index (χ0v) is 11.6. The summed E-state index contributed by atoms with van der Waals surface area (Å²) in [5, 5.41) is 11.9. The summed E-state index contributed by atoms with van der Waals surface area (Å²) < 4.78 is 5.22. The van der Waals surface area contributed by atoms with Gasteiger partial charge in [0, 0.05) is 13.7 Å². The Labute approximate surface area is 113 Å². The molecule has 1 amide bonds. The quantitative estimate of drug-likeness (QED) is 0.711. The van der Waals surface area contributed by atoms with E-state index in [1.54, 1.807) is 31.4 Å². The second-order valence-electron chi connectivity index (χ2n) is 5.16. The smallest absolute Gasteiger partial charge is 0.237 e. The maximum absolute atomic E-state index is 11.8. The van der Waals surface area contributed by atoms with Crippen molar-refractivity contribution < 1.29 is 14.6 Å². The number of ether oxygens (including phenoxy) is 1. The van der Waals surface area contributed by atoms with Gasteiger partial charge in [-0.15, -0.1) is 0 Å². The van der Waals surface area contributed by atoms with E-state index >= 15 is 0 Å². The highest BCUT2D eigenvalue weighted by Crippen LogP contribution is 2.11. The number of methoxy groups -OCH3 is 1. The number of hydrogen-bond acceptors (Lipinski definition) is 4. The normalized spacial score (nSPS) is 13.1. The van der Waals surface area contributed by atoms with Gasteiger partial charge in [0.1, 0.15) is 5.75 Å². The van der Waals surface area contributed by atoms with Crippen molar-refractivity contribution >= 4 is 5.91 Å². The van der Waals surface area contributed by atoms with E-state index in [-0.39, 0.29) is 11.7 Å². The number of amides is 1. The molecule has 0 radical (unpaired) electrons. The van der Waals surface area contributed by atoms with Crippen molar-refractivity contribution in [3.8, 4) is 5.75 Å². The molecule has 5 heteroatoms. The molecule has 1 rings (SSSR count). The summed E-state index contributed by atoms with van der Waals surface area (Å²) in [4.78, 5) is 11.8. The molecular weight excluding hydrogens is 244 g/mol. The predicted molar refractivity (Wildman–Crippen MR) is 73.9 cm³/mol. The maximum atomic E-state index is 11.8. The van der Waals surface area contributed by atoms with Gasteiger partial charge in [0.05, 0.1) is 11.6 Å². The molecule has 0 aliphatic carbocycles. The van der Waals surface area contributed by atoms with Gasteiger partial charge in [0.15, 0.2) is 0 Å². The summed E-state index contributed by atoms with van der Waals surface area (Å²) in [5.41, 5.74) is 6.34. The summed E-state index contributed by atoms with van der Waals surface area (Å²) in [6.07, 6.45) is 0.430. The third-order valence-electron chi connectivity index (χ3n) is 2.97. The van der Waals surface area contributed by atoms with Crippen LogP contribution in [-0.2, 0) is 16.0 Å². The molecule has 1 atom stereocenters. The summed E-state index contributed by atoms with van der Waals surface area (Å²) in [7, 11) is 1.60. The third-order valence-corrected chi connectivity index (χ3v) is 2.97. The molecule has 1 aromatic rings. The third kappa shape index (κ3) is 5.28. The highest BCUT2D eigenvalue weighted by atomic mass is 16.5. The topological polar surface area (TPSA) is 84.6 Å². The lowest BCUT2D eigenvalue weighted by Gasteiger charge is -2.24. The summed E-state index contributed by atoms with van der Waals surface area (Å²) >= 11 is 0. The zero-order chi connectivity index (χ0) is 14.5. The van der Waals surface area contributed by atoms with Crippen molar-refractivity contribution in [3.63, 3.8) is 0 Å². The lowest BCUT2D eigenvalue weighted by atomic mass is 10.1. The van der Waals surface area contributed by atoms with E-state index in [1.807, 2.05) is 13.8 Å². The number of benzene rings is 1. The highest BCUT2D eigenvalue weighted by molar-refractivity contribution is 5.81. The van der Waals surface area contributed by atoms with Gasteiger partial charge in [0.25, 0.3) is 0 Å². The molecule has 0 fully saturated rings. The molecule has 0 bridgehead atoms. The molecule has 1 aromatic carbocycles. The van der Waals surface area contributed by atoms with Gasteiger partial charge in [-0.2, -0.15) is 0 Å². The largest absolute Gasteiger partial charge is 0.508 e. The molecule has 0 aromatic heterocycles. The Balaban J connectivity index is 2.47. The second kappa shape index (κ2) is 6.54. The Hall–Kier alpha value is -1.59. The first-order valence-electron chi connectivity index (χ1n) is 6.20. The first kappa shape index (κ1) is 15.5. The number of carbonyl (C=O) groups excluding carboxylic acids is 1.